The van der Waals surface area contributed by atoms with Crippen LogP contribution >= 0.6 is 0 Å². The van der Waals surface area contributed by atoms with Crippen LogP contribution in [-0.4, -0.2) is 18.4 Å². The van der Waals surface area contributed by atoms with Crippen LogP contribution in [0.25, 0.3) is 0 Å². The molecule has 6 rings (SSSR count). The topological polar surface area (TPSA) is 42.4 Å². The minimum absolute atomic E-state index is 0.152. The molecule has 1 atom stereocenters. The largest absolute Gasteiger partial charge is 0.543 e. The SMILES string of the molecule is CC(C)(C)[Si](C)(C)Oc1ccc(C(O)c2cccnc2)cc1C12CC3CC(CC(C3)C1)C2. The van der Waals surface area contributed by atoms with E-state index in [4.69, 9.17) is 4.43 Å². The van der Waals surface area contributed by atoms with E-state index in [9.17, 15) is 5.11 Å². The number of hydrogen-bond acceptors (Lipinski definition) is 3. The number of pyridine rings is 1. The summed E-state index contributed by atoms with van der Waals surface area (Å²) in [5.41, 5.74) is 3.41. The molecule has 1 heterocycles. The van der Waals surface area contributed by atoms with Crippen molar-refractivity contribution in [2.75, 3.05) is 0 Å². The van der Waals surface area contributed by atoms with Crippen LogP contribution < -0.4 is 4.43 Å². The predicted molar refractivity (Wildman–Crippen MR) is 132 cm³/mol. The van der Waals surface area contributed by atoms with Gasteiger partial charge in [0.05, 0.1) is 0 Å². The predicted octanol–water partition coefficient (Wildman–Crippen LogP) is 7.02. The molecule has 4 aliphatic carbocycles. The number of rotatable bonds is 5. The minimum atomic E-state index is -1.97. The lowest BCUT2D eigenvalue weighted by Crippen LogP contribution is -2.49. The van der Waals surface area contributed by atoms with Crippen molar-refractivity contribution in [1.29, 1.82) is 0 Å². The summed E-state index contributed by atoms with van der Waals surface area (Å²) in [6.45, 7) is 11.6. The zero-order valence-corrected chi connectivity index (χ0v) is 21.4. The molecular formula is C28H39NO2Si. The first kappa shape index (κ1) is 22.2. The van der Waals surface area contributed by atoms with Gasteiger partial charge in [-0.1, -0.05) is 32.9 Å². The van der Waals surface area contributed by atoms with Gasteiger partial charge in [-0.05, 0) is 109 Å². The number of aromatic nitrogens is 1. The molecule has 0 saturated heterocycles. The van der Waals surface area contributed by atoms with Crippen LogP contribution in [0.3, 0.4) is 0 Å². The summed E-state index contributed by atoms with van der Waals surface area (Å²) in [7, 11) is -1.97. The molecule has 0 spiro atoms. The zero-order chi connectivity index (χ0) is 22.7. The standard InChI is InChI=1S/C28H39NO2Si/c1-27(2,3)32(4,5)31-25-9-8-22(26(30)23-7-6-10-29-18-23)14-24(25)28-15-19-11-20(16-28)13-21(12-19)17-28/h6-10,14,18-21,26,30H,11-13,15-17H2,1-5H3. The zero-order valence-electron chi connectivity index (χ0n) is 20.4. The van der Waals surface area contributed by atoms with Crippen LogP contribution in [0.15, 0.2) is 42.7 Å². The molecule has 0 aliphatic heterocycles. The van der Waals surface area contributed by atoms with Crippen molar-refractivity contribution >= 4 is 8.32 Å². The van der Waals surface area contributed by atoms with Crippen molar-refractivity contribution in [3.8, 4) is 5.75 Å². The second kappa shape index (κ2) is 7.70. The van der Waals surface area contributed by atoms with E-state index in [0.717, 1.165) is 34.6 Å². The molecule has 32 heavy (non-hydrogen) atoms. The molecule has 4 heteroatoms. The van der Waals surface area contributed by atoms with Crippen molar-refractivity contribution in [2.24, 2.45) is 17.8 Å². The molecule has 4 aliphatic rings. The second-order valence-electron chi connectivity index (χ2n) is 12.5. The average molecular weight is 450 g/mol. The summed E-state index contributed by atoms with van der Waals surface area (Å²) in [6.07, 6.45) is 11.0. The molecule has 3 nitrogen and oxygen atoms in total. The number of benzene rings is 1. The molecule has 0 amide bonds. The smallest absolute Gasteiger partial charge is 0.250 e. The number of hydrogen-bond donors (Lipinski definition) is 1. The van der Waals surface area contributed by atoms with E-state index in [1.807, 2.05) is 12.1 Å². The summed E-state index contributed by atoms with van der Waals surface area (Å²) in [4.78, 5) is 4.22. The van der Waals surface area contributed by atoms with Crippen LogP contribution in [0.4, 0.5) is 0 Å². The van der Waals surface area contributed by atoms with Crippen molar-refractivity contribution < 1.29 is 9.53 Å². The Bertz CT molecular complexity index is 943. The third kappa shape index (κ3) is 3.84. The molecule has 1 aromatic carbocycles. The minimum Gasteiger partial charge on any atom is -0.543 e. The Balaban J connectivity index is 1.58. The van der Waals surface area contributed by atoms with Gasteiger partial charge in [0, 0.05) is 18.0 Å². The highest BCUT2D eigenvalue weighted by Gasteiger charge is 2.53. The summed E-state index contributed by atoms with van der Waals surface area (Å²) in [5.74, 6) is 3.69. The fourth-order valence-electron chi connectivity index (χ4n) is 6.82. The highest BCUT2D eigenvalue weighted by molar-refractivity contribution is 6.74. The van der Waals surface area contributed by atoms with Gasteiger partial charge >= 0.3 is 0 Å². The first-order valence-corrected chi connectivity index (χ1v) is 15.4. The highest BCUT2D eigenvalue weighted by atomic mass is 28.4. The van der Waals surface area contributed by atoms with Crippen LogP contribution in [0, 0.1) is 17.8 Å². The third-order valence-electron chi connectivity index (χ3n) is 9.10. The van der Waals surface area contributed by atoms with E-state index in [1.165, 1.54) is 44.1 Å². The number of aliphatic hydroxyl groups excluding tert-OH is 1. The lowest BCUT2D eigenvalue weighted by atomic mass is 9.48. The first-order valence-electron chi connectivity index (χ1n) is 12.5. The maximum absolute atomic E-state index is 11.2. The van der Waals surface area contributed by atoms with Crippen LogP contribution in [-0.2, 0) is 5.41 Å². The van der Waals surface area contributed by atoms with Crippen LogP contribution in [0.2, 0.25) is 18.1 Å². The first-order chi connectivity index (χ1) is 15.1. The molecule has 2 aromatic rings. The molecule has 4 bridgehead atoms. The Morgan fingerprint density at radius 2 is 1.62 bits per heavy atom. The van der Waals surface area contributed by atoms with E-state index in [-0.39, 0.29) is 10.5 Å². The van der Waals surface area contributed by atoms with E-state index < -0.39 is 14.4 Å². The van der Waals surface area contributed by atoms with Gasteiger partial charge in [-0.3, -0.25) is 4.98 Å². The molecule has 1 N–H and O–H groups in total. The molecule has 4 fully saturated rings. The fourth-order valence-corrected chi connectivity index (χ4v) is 7.85. The fraction of sp³-hybridized carbons (Fsp3) is 0.607. The van der Waals surface area contributed by atoms with E-state index in [0.29, 0.717) is 0 Å². The van der Waals surface area contributed by atoms with Gasteiger partial charge in [-0.25, -0.2) is 0 Å². The third-order valence-corrected chi connectivity index (χ3v) is 13.4. The maximum atomic E-state index is 11.2. The van der Waals surface area contributed by atoms with Gasteiger partial charge in [0.1, 0.15) is 11.9 Å². The molecule has 172 valence electrons. The van der Waals surface area contributed by atoms with Gasteiger partial charge in [-0.2, -0.15) is 0 Å². The van der Waals surface area contributed by atoms with E-state index in [2.05, 4.69) is 57.0 Å². The molecule has 1 unspecified atom stereocenters. The second-order valence-corrected chi connectivity index (χ2v) is 17.2. The Labute approximate surface area is 194 Å². The van der Waals surface area contributed by atoms with Crippen molar-refractivity contribution in [2.45, 2.75) is 88.9 Å². The van der Waals surface area contributed by atoms with Gasteiger partial charge in [0.15, 0.2) is 0 Å². The van der Waals surface area contributed by atoms with E-state index in [1.54, 1.807) is 12.4 Å². The summed E-state index contributed by atoms with van der Waals surface area (Å²) < 4.78 is 6.97. The quantitative estimate of drug-likeness (QED) is 0.499. The van der Waals surface area contributed by atoms with Gasteiger partial charge in [0.2, 0.25) is 8.32 Å². The summed E-state index contributed by atoms with van der Waals surface area (Å²) in [6, 6.07) is 10.4. The van der Waals surface area contributed by atoms with Crippen molar-refractivity contribution in [3.05, 3.63) is 59.4 Å². The molecular weight excluding hydrogens is 410 g/mol. The van der Waals surface area contributed by atoms with Crippen LogP contribution in [0.1, 0.15) is 82.1 Å². The number of nitrogens with zero attached hydrogens (tertiary/aromatic N) is 1. The lowest BCUT2D eigenvalue weighted by Gasteiger charge is -2.57. The van der Waals surface area contributed by atoms with Gasteiger partial charge in [-0.15, -0.1) is 0 Å². The average Bonchev–Trinajstić information content (AvgIpc) is 2.72. The summed E-state index contributed by atoms with van der Waals surface area (Å²) in [5, 5.41) is 11.3. The number of aliphatic hydroxyl groups is 1. The maximum Gasteiger partial charge on any atom is 0.250 e. The Hall–Kier alpha value is -1.65. The van der Waals surface area contributed by atoms with Gasteiger partial charge < -0.3 is 9.53 Å². The molecule has 1 aromatic heterocycles. The Morgan fingerprint density at radius 3 is 2.16 bits per heavy atom. The molecule has 0 radical (unpaired) electrons. The van der Waals surface area contributed by atoms with Crippen molar-refractivity contribution in [1.82, 2.24) is 4.98 Å². The van der Waals surface area contributed by atoms with Crippen molar-refractivity contribution in [3.63, 3.8) is 0 Å². The molecule has 4 saturated carbocycles. The monoisotopic (exact) mass is 449 g/mol. The summed E-state index contributed by atoms with van der Waals surface area (Å²) >= 11 is 0. The van der Waals surface area contributed by atoms with Crippen LogP contribution in [0.5, 0.6) is 5.75 Å². The Morgan fingerprint density at radius 1 is 1.00 bits per heavy atom. The highest BCUT2D eigenvalue weighted by Crippen LogP contribution is 2.62. The normalized spacial score (nSPS) is 30.4. The Kier molecular flexibility index (Phi) is 5.33. The lowest BCUT2D eigenvalue weighted by molar-refractivity contribution is -0.00594. The van der Waals surface area contributed by atoms with Gasteiger partial charge in [0.25, 0.3) is 0 Å². The van der Waals surface area contributed by atoms with E-state index >= 15 is 0 Å².